The largest absolute Gasteiger partial charge is 0.482 e. The van der Waals surface area contributed by atoms with Crippen molar-refractivity contribution in [1.82, 2.24) is 4.98 Å². The molecule has 0 aliphatic carbocycles. The Morgan fingerprint density at radius 3 is 2.46 bits per heavy atom. The number of hydrogen-bond acceptors (Lipinski definition) is 6. The fourth-order valence-corrected chi connectivity index (χ4v) is 3.31. The van der Waals surface area contributed by atoms with Crippen molar-refractivity contribution in [2.24, 2.45) is 0 Å². The summed E-state index contributed by atoms with van der Waals surface area (Å²) in [6, 6.07) is 14.1. The number of nitrogens with zero attached hydrogens (tertiary/aromatic N) is 1. The fourth-order valence-electron chi connectivity index (χ4n) is 2.38. The molecule has 0 aliphatic heterocycles. The molecule has 0 saturated heterocycles. The monoisotopic (exact) mass is 415 g/mol. The second-order valence-electron chi connectivity index (χ2n) is 5.90. The molecule has 0 fully saturated rings. The predicted molar refractivity (Wildman–Crippen MR) is 109 cm³/mol. The summed E-state index contributed by atoms with van der Waals surface area (Å²) in [5, 5.41) is 3.35. The number of esters is 1. The molecule has 0 atom stereocenters. The molecule has 144 valence electrons. The lowest BCUT2D eigenvalue weighted by Crippen LogP contribution is -2.14. The first-order valence-electron chi connectivity index (χ1n) is 8.67. The minimum Gasteiger partial charge on any atom is -0.482 e. The van der Waals surface area contributed by atoms with Crippen LogP contribution in [0.5, 0.6) is 5.75 Å². The summed E-state index contributed by atoms with van der Waals surface area (Å²) in [7, 11) is 0. The van der Waals surface area contributed by atoms with Gasteiger partial charge in [0.1, 0.15) is 17.4 Å². The average Bonchev–Trinajstić information content (AvgIpc) is 3.20. The Kier molecular flexibility index (Phi) is 6.79. The average molecular weight is 416 g/mol. The van der Waals surface area contributed by atoms with Crippen molar-refractivity contribution < 1.29 is 19.1 Å². The lowest BCUT2D eigenvalue weighted by Gasteiger charge is -2.07. The molecule has 0 spiro atoms. The summed E-state index contributed by atoms with van der Waals surface area (Å²) in [5.74, 6) is 0.0743. The van der Waals surface area contributed by atoms with Crippen molar-refractivity contribution in [2.45, 2.75) is 20.0 Å². The van der Waals surface area contributed by atoms with Crippen LogP contribution in [0.1, 0.15) is 29.4 Å². The topological polar surface area (TPSA) is 65.5 Å². The van der Waals surface area contributed by atoms with Gasteiger partial charge in [0.2, 0.25) is 0 Å². The van der Waals surface area contributed by atoms with Crippen molar-refractivity contribution in [1.29, 1.82) is 0 Å². The van der Waals surface area contributed by atoms with Crippen molar-refractivity contribution >= 4 is 34.7 Å². The zero-order valence-electron chi connectivity index (χ0n) is 15.2. The smallest absolute Gasteiger partial charge is 0.344 e. The predicted octanol–water partition coefficient (Wildman–Crippen LogP) is 5.18. The molecule has 3 aromatic rings. The number of aromatic nitrogens is 1. The molecule has 2 aromatic carbocycles. The minimum atomic E-state index is -0.491. The molecule has 1 aromatic heterocycles. The van der Waals surface area contributed by atoms with Crippen molar-refractivity contribution in [3.05, 3.63) is 70.2 Å². The highest BCUT2D eigenvalue weighted by molar-refractivity contribution is 7.13. The number of Topliss-reactive ketones (excluding diaryl/α,β-unsaturated/α-hetero) is 1. The second kappa shape index (κ2) is 9.48. The van der Waals surface area contributed by atoms with Crippen LogP contribution in [0.4, 0.5) is 0 Å². The van der Waals surface area contributed by atoms with Crippen LogP contribution in [-0.2, 0) is 16.1 Å². The van der Waals surface area contributed by atoms with Crippen molar-refractivity contribution in [3.63, 3.8) is 0 Å². The van der Waals surface area contributed by atoms with Gasteiger partial charge in [-0.05, 0) is 36.4 Å². The van der Waals surface area contributed by atoms with Gasteiger partial charge >= 0.3 is 5.97 Å². The zero-order valence-corrected chi connectivity index (χ0v) is 16.8. The number of hydrogen-bond donors (Lipinski definition) is 0. The van der Waals surface area contributed by atoms with E-state index >= 15 is 0 Å². The molecular formula is C21H18ClNO4S. The standard InChI is InChI=1S/C21H18ClNO4S/c1-2-19(24)14-5-9-18(10-6-14)26-12-20(25)27-11-17-13-28-21(23-17)15-3-7-16(22)8-4-15/h3-10,13H,2,11-12H2,1H3. The van der Waals surface area contributed by atoms with Crippen LogP contribution < -0.4 is 4.74 Å². The quantitative estimate of drug-likeness (QED) is 0.374. The molecule has 7 heteroatoms. The van der Waals surface area contributed by atoms with E-state index in [0.29, 0.717) is 28.5 Å². The van der Waals surface area contributed by atoms with Gasteiger partial charge in [0.25, 0.3) is 0 Å². The molecule has 0 saturated carbocycles. The molecule has 0 unspecified atom stereocenters. The summed E-state index contributed by atoms with van der Waals surface area (Å²) in [6.07, 6.45) is 0.447. The summed E-state index contributed by atoms with van der Waals surface area (Å²) in [4.78, 5) is 27.9. The summed E-state index contributed by atoms with van der Waals surface area (Å²) in [6.45, 7) is 1.68. The van der Waals surface area contributed by atoms with Crippen LogP contribution in [-0.4, -0.2) is 23.3 Å². The van der Waals surface area contributed by atoms with Gasteiger partial charge in [0.05, 0.1) is 5.69 Å². The number of halogens is 1. The molecular weight excluding hydrogens is 398 g/mol. The van der Waals surface area contributed by atoms with Gasteiger partial charge < -0.3 is 9.47 Å². The number of ketones is 1. The van der Waals surface area contributed by atoms with E-state index in [2.05, 4.69) is 4.98 Å². The van der Waals surface area contributed by atoms with Crippen LogP contribution in [0, 0.1) is 0 Å². The summed E-state index contributed by atoms with van der Waals surface area (Å²) in [5.41, 5.74) is 2.25. The summed E-state index contributed by atoms with van der Waals surface area (Å²) >= 11 is 7.36. The maximum Gasteiger partial charge on any atom is 0.344 e. The van der Waals surface area contributed by atoms with Gasteiger partial charge in [-0.15, -0.1) is 11.3 Å². The van der Waals surface area contributed by atoms with Gasteiger partial charge in [-0.1, -0.05) is 30.7 Å². The number of carbonyl (C=O) groups is 2. The third-order valence-corrected chi connectivity index (χ3v) is 5.07. The Balaban J connectivity index is 1.47. The van der Waals surface area contributed by atoms with E-state index in [1.54, 1.807) is 36.4 Å². The molecule has 0 aliphatic rings. The molecule has 3 rings (SSSR count). The molecule has 0 amide bonds. The Morgan fingerprint density at radius 2 is 1.79 bits per heavy atom. The third kappa shape index (κ3) is 5.41. The van der Waals surface area contributed by atoms with Crippen LogP contribution in [0.2, 0.25) is 5.02 Å². The Hall–Kier alpha value is -2.70. The van der Waals surface area contributed by atoms with E-state index in [0.717, 1.165) is 10.6 Å². The number of carbonyl (C=O) groups excluding carboxylic acids is 2. The van der Waals surface area contributed by atoms with E-state index in [1.807, 2.05) is 24.4 Å². The van der Waals surface area contributed by atoms with Gasteiger partial charge in [-0.25, -0.2) is 9.78 Å². The van der Waals surface area contributed by atoms with E-state index < -0.39 is 5.97 Å². The van der Waals surface area contributed by atoms with Crippen LogP contribution in [0.25, 0.3) is 10.6 Å². The van der Waals surface area contributed by atoms with Crippen LogP contribution in [0.3, 0.4) is 0 Å². The first-order valence-corrected chi connectivity index (χ1v) is 9.93. The molecule has 1 heterocycles. The Morgan fingerprint density at radius 1 is 1.07 bits per heavy atom. The van der Waals surface area contributed by atoms with Gasteiger partial charge in [-0.3, -0.25) is 4.79 Å². The van der Waals surface area contributed by atoms with E-state index in [1.165, 1.54) is 11.3 Å². The van der Waals surface area contributed by atoms with E-state index in [4.69, 9.17) is 21.1 Å². The maximum atomic E-state index is 11.9. The number of benzene rings is 2. The first kappa shape index (κ1) is 20.0. The third-order valence-electron chi connectivity index (χ3n) is 3.88. The SMILES string of the molecule is CCC(=O)c1ccc(OCC(=O)OCc2csc(-c3ccc(Cl)cc3)n2)cc1. The Bertz CT molecular complexity index is 951. The lowest BCUT2D eigenvalue weighted by atomic mass is 10.1. The Labute approximate surface area is 171 Å². The van der Waals surface area contributed by atoms with Crippen LogP contribution in [0.15, 0.2) is 53.9 Å². The fraction of sp³-hybridized carbons (Fsp3) is 0.190. The van der Waals surface area contributed by atoms with Gasteiger partial charge in [0, 0.05) is 28.0 Å². The number of thiazole rings is 1. The lowest BCUT2D eigenvalue weighted by molar-refractivity contribution is -0.147. The number of rotatable bonds is 8. The molecule has 0 N–H and O–H groups in total. The zero-order chi connectivity index (χ0) is 19.9. The van der Waals surface area contributed by atoms with Crippen molar-refractivity contribution in [3.8, 4) is 16.3 Å². The summed E-state index contributed by atoms with van der Waals surface area (Å²) < 4.78 is 10.6. The molecule has 28 heavy (non-hydrogen) atoms. The number of ether oxygens (including phenoxy) is 2. The van der Waals surface area contributed by atoms with E-state index in [9.17, 15) is 9.59 Å². The van der Waals surface area contributed by atoms with Crippen molar-refractivity contribution in [2.75, 3.05) is 6.61 Å². The molecule has 5 nitrogen and oxygen atoms in total. The van der Waals surface area contributed by atoms with Crippen LogP contribution >= 0.6 is 22.9 Å². The van der Waals surface area contributed by atoms with E-state index in [-0.39, 0.29) is 19.0 Å². The van der Waals surface area contributed by atoms with Gasteiger partial charge in [-0.2, -0.15) is 0 Å². The minimum absolute atomic E-state index is 0.0622. The first-order chi connectivity index (χ1) is 13.5. The van der Waals surface area contributed by atoms with Gasteiger partial charge in [0.15, 0.2) is 12.4 Å². The normalized spacial score (nSPS) is 10.5. The second-order valence-corrected chi connectivity index (χ2v) is 7.20. The highest BCUT2D eigenvalue weighted by atomic mass is 35.5. The maximum absolute atomic E-state index is 11.9. The molecule has 0 bridgehead atoms. The highest BCUT2D eigenvalue weighted by Gasteiger charge is 2.09. The molecule has 0 radical (unpaired) electrons. The highest BCUT2D eigenvalue weighted by Crippen LogP contribution is 2.25.